The highest BCUT2D eigenvalue weighted by Crippen LogP contribution is 2.18. The van der Waals surface area contributed by atoms with E-state index in [1.165, 1.54) is 0 Å². The van der Waals surface area contributed by atoms with Crippen molar-refractivity contribution in [2.45, 2.75) is 18.7 Å². The van der Waals surface area contributed by atoms with Gasteiger partial charge in [0.05, 0.1) is 4.90 Å². The molecule has 1 aliphatic heterocycles. The minimum Gasteiger partial charge on any atom is -0.330 e. The van der Waals surface area contributed by atoms with Crippen LogP contribution in [0.5, 0.6) is 0 Å². The largest absolute Gasteiger partial charge is 0.330 e. The molecule has 0 aromatic heterocycles. The number of nitrogens with zero attached hydrogens (tertiary/aromatic N) is 2. The Hall–Kier alpha value is -0.950. The smallest absolute Gasteiger partial charge is 0.243 e. The summed E-state index contributed by atoms with van der Waals surface area (Å²) in [6, 6.07) is 7.11. The van der Waals surface area contributed by atoms with Crippen LogP contribution in [0.1, 0.15) is 12.5 Å². The van der Waals surface area contributed by atoms with Gasteiger partial charge in [0, 0.05) is 32.7 Å². The summed E-state index contributed by atoms with van der Waals surface area (Å²) in [6.07, 6.45) is 0. The number of piperazine rings is 1. The highest BCUT2D eigenvalue weighted by Gasteiger charge is 2.28. The normalized spacial score (nSPS) is 19.6. The van der Waals surface area contributed by atoms with Gasteiger partial charge in [0.15, 0.2) is 0 Å². The van der Waals surface area contributed by atoms with Crippen LogP contribution in [0.4, 0.5) is 0 Å². The molecule has 0 radical (unpaired) electrons. The molecule has 1 heterocycles. The third kappa shape index (κ3) is 4.03. The zero-order valence-corrected chi connectivity index (χ0v) is 13.6. The first-order chi connectivity index (χ1) is 9.93. The summed E-state index contributed by atoms with van der Waals surface area (Å²) >= 11 is 0. The summed E-state index contributed by atoms with van der Waals surface area (Å²) in [6.45, 7) is 8.28. The fourth-order valence-electron chi connectivity index (χ4n) is 2.59. The Morgan fingerprint density at radius 1 is 1.24 bits per heavy atom. The second-order valence-electron chi connectivity index (χ2n) is 5.86. The zero-order chi connectivity index (χ0) is 15.5. The van der Waals surface area contributed by atoms with Crippen LogP contribution in [0.3, 0.4) is 0 Å². The third-order valence-corrected chi connectivity index (χ3v) is 5.83. The lowest BCUT2D eigenvalue weighted by Crippen LogP contribution is -2.49. The number of benzene rings is 1. The average molecular weight is 311 g/mol. The first-order valence-electron chi connectivity index (χ1n) is 7.42. The van der Waals surface area contributed by atoms with E-state index in [1.807, 2.05) is 13.0 Å². The van der Waals surface area contributed by atoms with E-state index in [0.717, 1.165) is 25.2 Å². The van der Waals surface area contributed by atoms with Crippen LogP contribution < -0.4 is 5.73 Å². The van der Waals surface area contributed by atoms with Crippen LogP contribution in [-0.4, -0.2) is 56.9 Å². The molecule has 0 amide bonds. The Labute approximate surface area is 127 Å². The first kappa shape index (κ1) is 16.4. The number of rotatable bonds is 5. The molecule has 1 fully saturated rings. The zero-order valence-electron chi connectivity index (χ0n) is 12.8. The van der Waals surface area contributed by atoms with E-state index in [-0.39, 0.29) is 0 Å². The molecular weight excluding hydrogens is 286 g/mol. The van der Waals surface area contributed by atoms with Gasteiger partial charge in [-0.3, -0.25) is 0 Å². The Bertz CT molecular complexity index is 566. The highest BCUT2D eigenvalue weighted by molar-refractivity contribution is 7.89. The van der Waals surface area contributed by atoms with Crippen LogP contribution in [0, 0.1) is 12.8 Å². The van der Waals surface area contributed by atoms with Crippen molar-refractivity contribution in [3.05, 3.63) is 29.8 Å². The lowest BCUT2D eigenvalue weighted by atomic mass is 10.1. The predicted octanol–water partition coefficient (Wildman–Crippen LogP) is 0.896. The molecule has 6 heteroatoms. The molecule has 2 N–H and O–H groups in total. The fraction of sp³-hybridized carbons (Fsp3) is 0.600. The molecule has 1 unspecified atom stereocenters. The lowest BCUT2D eigenvalue weighted by Gasteiger charge is -2.35. The SMILES string of the molecule is Cc1cccc(S(=O)(=O)N2CCN(CC(C)CN)CC2)c1. The van der Waals surface area contributed by atoms with Crippen molar-refractivity contribution in [2.75, 3.05) is 39.3 Å². The van der Waals surface area contributed by atoms with Crippen molar-refractivity contribution in [1.29, 1.82) is 0 Å². The Morgan fingerprint density at radius 2 is 1.90 bits per heavy atom. The topological polar surface area (TPSA) is 66.6 Å². The monoisotopic (exact) mass is 311 g/mol. The molecule has 0 bridgehead atoms. The Kier molecular flexibility index (Phi) is 5.37. The summed E-state index contributed by atoms with van der Waals surface area (Å²) in [4.78, 5) is 2.69. The highest BCUT2D eigenvalue weighted by atomic mass is 32.2. The lowest BCUT2D eigenvalue weighted by molar-refractivity contribution is 0.170. The van der Waals surface area contributed by atoms with Crippen molar-refractivity contribution < 1.29 is 8.42 Å². The van der Waals surface area contributed by atoms with Crippen LogP contribution >= 0.6 is 0 Å². The van der Waals surface area contributed by atoms with Gasteiger partial charge < -0.3 is 10.6 Å². The summed E-state index contributed by atoms with van der Waals surface area (Å²) in [5, 5.41) is 0. The summed E-state index contributed by atoms with van der Waals surface area (Å²) < 4.78 is 26.8. The van der Waals surface area contributed by atoms with Crippen molar-refractivity contribution in [1.82, 2.24) is 9.21 Å². The van der Waals surface area contributed by atoms with Crippen molar-refractivity contribution in [3.63, 3.8) is 0 Å². The molecule has 0 saturated carbocycles. The molecule has 0 aliphatic carbocycles. The quantitative estimate of drug-likeness (QED) is 0.877. The van der Waals surface area contributed by atoms with Gasteiger partial charge in [-0.2, -0.15) is 4.31 Å². The molecule has 1 saturated heterocycles. The average Bonchev–Trinajstić information content (AvgIpc) is 2.47. The first-order valence-corrected chi connectivity index (χ1v) is 8.86. The molecule has 1 aromatic carbocycles. The van der Waals surface area contributed by atoms with Gasteiger partial charge >= 0.3 is 0 Å². The second-order valence-corrected chi connectivity index (χ2v) is 7.80. The number of hydrogen-bond donors (Lipinski definition) is 1. The van der Waals surface area contributed by atoms with Crippen molar-refractivity contribution >= 4 is 10.0 Å². The van der Waals surface area contributed by atoms with Gasteiger partial charge in [0.2, 0.25) is 10.0 Å². The van der Waals surface area contributed by atoms with E-state index in [4.69, 9.17) is 5.73 Å². The molecule has 1 aliphatic rings. The maximum Gasteiger partial charge on any atom is 0.243 e. The maximum atomic E-state index is 12.6. The standard InChI is InChI=1S/C15H25N3O2S/c1-13-4-3-5-15(10-13)21(19,20)18-8-6-17(7-9-18)12-14(2)11-16/h3-5,10,14H,6-9,11-12,16H2,1-2H3. The number of aryl methyl sites for hydroxylation is 1. The van der Waals surface area contributed by atoms with E-state index in [2.05, 4.69) is 11.8 Å². The van der Waals surface area contributed by atoms with Crippen LogP contribution in [0.15, 0.2) is 29.2 Å². The molecule has 21 heavy (non-hydrogen) atoms. The van der Waals surface area contributed by atoms with E-state index in [1.54, 1.807) is 22.5 Å². The number of nitrogens with two attached hydrogens (primary N) is 1. The molecule has 5 nitrogen and oxygen atoms in total. The van der Waals surface area contributed by atoms with Crippen LogP contribution in [0.2, 0.25) is 0 Å². The predicted molar refractivity (Wildman–Crippen MR) is 84.6 cm³/mol. The van der Waals surface area contributed by atoms with Gasteiger partial charge in [-0.1, -0.05) is 19.1 Å². The number of sulfonamides is 1. The van der Waals surface area contributed by atoms with Gasteiger partial charge in [-0.05, 0) is 37.1 Å². The van der Waals surface area contributed by atoms with Gasteiger partial charge in [-0.15, -0.1) is 0 Å². The van der Waals surface area contributed by atoms with Crippen molar-refractivity contribution in [2.24, 2.45) is 11.7 Å². The van der Waals surface area contributed by atoms with Crippen LogP contribution in [-0.2, 0) is 10.0 Å². The second kappa shape index (κ2) is 6.87. The molecule has 118 valence electrons. The molecule has 1 aromatic rings. The van der Waals surface area contributed by atoms with E-state index in [0.29, 0.717) is 30.4 Å². The van der Waals surface area contributed by atoms with Gasteiger partial charge in [0.1, 0.15) is 0 Å². The fourth-order valence-corrected chi connectivity index (χ4v) is 4.12. The Balaban J connectivity index is 2.01. The van der Waals surface area contributed by atoms with E-state index >= 15 is 0 Å². The van der Waals surface area contributed by atoms with Gasteiger partial charge in [0.25, 0.3) is 0 Å². The molecular formula is C15H25N3O2S. The maximum absolute atomic E-state index is 12.6. The van der Waals surface area contributed by atoms with E-state index < -0.39 is 10.0 Å². The summed E-state index contributed by atoms with van der Waals surface area (Å²) in [5.41, 5.74) is 6.61. The van der Waals surface area contributed by atoms with Crippen molar-refractivity contribution in [3.8, 4) is 0 Å². The van der Waals surface area contributed by atoms with E-state index in [9.17, 15) is 8.42 Å². The molecule has 1 atom stereocenters. The molecule has 0 spiro atoms. The summed E-state index contributed by atoms with van der Waals surface area (Å²) in [5.74, 6) is 0.449. The Morgan fingerprint density at radius 3 is 2.48 bits per heavy atom. The minimum atomic E-state index is -3.36. The van der Waals surface area contributed by atoms with Gasteiger partial charge in [-0.25, -0.2) is 8.42 Å². The number of hydrogen-bond acceptors (Lipinski definition) is 4. The van der Waals surface area contributed by atoms with Crippen LogP contribution in [0.25, 0.3) is 0 Å². The summed E-state index contributed by atoms with van der Waals surface area (Å²) in [7, 11) is -3.36. The molecule has 2 rings (SSSR count). The minimum absolute atomic E-state index is 0.395. The third-order valence-electron chi connectivity index (χ3n) is 3.93.